The fourth-order valence-electron chi connectivity index (χ4n) is 3.64. The summed E-state index contributed by atoms with van der Waals surface area (Å²) in [5.74, 6) is -1.46. The van der Waals surface area contributed by atoms with Gasteiger partial charge in [0, 0.05) is 24.0 Å². The van der Waals surface area contributed by atoms with Gasteiger partial charge in [0.05, 0.1) is 22.7 Å². The van der Waals surface area contributed by atoms with Crippen molar-refractivity contribution in [1.82, 2.24) is 9.88 Å². The quantitative estimate of drug-likeness (QED) is 0.770. The minimum atomic E-state index is -0.836. The first kappa shape index (κ1) is 17.2. The molecule has 0 aliphatic carbocycles. The SMILES string of the molecule is O=C(O)[C@H]1CCCN(C(=O)c2cc(-c3ccccc3)nc3ccccc23)C1. The first-order chi connectivity index (χ1) is 13.1. The lowest BCUT2D eigenvalue weighted by Crippen LogP contribution is -2.42. The topological polar surface area (TPSA) is 70.5 Å². The molecule has 1 aromatic heterocycles. The predicted octanol–water partition coefficient (Wildman–Crippen LogP) is 3.84. The normalized spacial score (nSPS) is 17.0. The zero-order valence-electron chi connectivity index (χ0n) is 14.8. The maximum Gasteiger partial charge on any atom is 0.308 e. The number of fused-ring (bicyclic) bond motifs is 1. The van der Waals surface area contributed by atoms with Gasteiger partial charge in [0.1, 0.15) is 0 Å². The number of carbonyl (C=O) groups is 2. The Morgan fingerprint density at radius 3 is 2.56 bits per heavy atom. The molecule has 136 valence electrons. The van der Waals surface area contributed by atoms with Crippen molar-refractivity contribution in [1.29, 1.82) is 0 Å². The van der Waals surface area contributed by atoms with E-state index in [1.165, 1.54) is 0 Å². The van der Waals surface area contributed by atoms with Gasteiger partial charge in [0.2, 0.25) is 0 Å². The average molecular weight is 360 g/mol. The van der Waals surface area contributed by atoms with Crippen LogP contribution in [0.4, 0.5) is 0 Å². The Morgan fingerprint density at radius 1 is 1.04 bits per heavy atom. The monoisotopic (exact) mass is 360 g/mol. The summed E-state index contributed by atoms with van der Waals surface area (Å²) >= 11 is 0. The lowest BCUT2D eigenvalue weighted by Gasteiger charge is -2.31. The fraction of sp³-hybridized carbons (Fsp3) is 0.227. The molecule has 1 aliphatic rings. The van der Waals surface area contributed by atoms with E-state index in [1.54, 1.807) is 4.90 Å². The van der Waals surface area contributed by atoms with Crippen molar-refractivity contribution in [2.75, 3.05) is 13.1 Å². The number of piperidine rings is 1. The number of carboxylic acids is 1. The van der Waals surface area contributed by atoms with Crippen LogP contribution in [-0.4, -0.2) is 40.0 Å². The maximum absolute atomic E-state index is 13.3. The highest BCUT2D eigenvalue weighted by molar-refractivity contribution is 6.07. The third kappa shape index (κ3) is 3.40. The summed E-state index contributed by atoms with van der Waals surface area (Å²) in [5, 5.41) is 10.1. The summed E-state index contributed by atoms with van der Waals surface area (Å²) in [4.78, 5) is 31.0. The lowest BCUT2D eigenvalue weighted by atomic mass is 9.96. The number of likely N-dealkylation sites (tertiary alicyclic amines) is 1. The molecule has 1 saturated heterocycles. The van der Waals surface area contributed by atoms with E-state index in [9.17, 15) is 14.7 Å². The molecule has 0 radical (unpaired) electrons. The second-order valence-corrected chi connectivity index (χ2v) is 6.87. The first-order valence-electron chi connectivity index (χ1n) is 9.11. The van der Waals surface area contributed by atoms with Crippen LogP contribution in [0.15, 0.2) is 60.7 Å². The summed E-state index contributed by atoms with van der Waals surface area (Å²) in [6, 6.07) is 19.2. The summed E-state index contributed by atoms with van der Waals surface area (Å²) in [7, 11) is 0. The van der Waals surface area contributed by atoms with Crippen LogP contribution in [0, 0.1) is 5.92 Å². The predicted molar refractivity (Wildman–Crippen MR) is 103 cm³/mol. The molecule has 0 saturated carbocycles. The standard InChI is InChI=1S/C22H20N2O3/c25-21(24-12-6-9-16(14-24)22(26)27)18-13-20(15-7-2-1-3-8-15)23-19-11-5-4-10-17(18)19/h1-5,7-8,10-11,13,16H,6,9,12,14H2,(H,26,27)/t16-/m0/s1. The molecule has 1 amide bonds. The fourth-order valence-corrected chi connectivity index (χ4v) is 3.64. The van der Waals surface area contributed by atoms with Crippen molar-refractivity contribution in [3.63, 3.8) is 0 Å². The zero-order chi connectivity index (χ0) is 18.8. The minimum Gasteiger partial charge on any atom is -0.481 e. The molecule has 5 nitrogen and oxygen atoms in total. The summed E-state index contributed by atoms with van der Waals surface area (Å²) in [5.41, 5.74) is 3.02. The van der Waals surface area contributed by atoms with Crippen molar-refractivity contribution in [3.05, 3.63) is 66.2 Å². The van der Waals surface area contributed by atoms with Crippen LogP contribution in [-0.2, 0) is 4.79 Å². The number of benzene rings is 2. The molecule has 2 aromatic carbocycles. The Bertz CT molecular complexity index is 1000. The second-order valence-electron chi connectivity index (χ2n) is 6.87. The van der Waals surface area contributed by atoms with E-state index in [4.69, 9.17) is 4.98 Å². The van der Waals surface area contributed by atoms with E-state index < -0.39 is 11.9 Å². The second kappa shape index (κ2) is 7.19. The molecule has 0 unspecified atom stereocenters. The van der Waals surface area contributed by atoms with Gasteiger partial charge in [0.25, 0.3) is 5.91 Å². The van der Waals surface area contributed by atoms with Crippen molar-refractivity contribution in [2.45, 2.75) is 12.8 Å². The summed E-state index contributed by atoms with van der Waals surface area (Å²) in [6.45, 7) is 0.839. The van der Waals surface area contributed by atoms with Crippen LogP contribution in [0.25, 0.3) is 22.2 Å². The van der Waals surface area contributed by atoms with Gasteiger partial charge >= 0.3 is 5.97 Å². The molecule has 3 aromatic rings. The van der Waals surface area contributed by atoms with Crippen molar-refractivity contribution in [2.24, 2.45) is 5.92 Å². The van der Waals surface area contributed by atoms with Crippen LogP contribution >= 0.6 is 0 Å². The molecule has 1 atom stereocenters. The van der Waals surface area contributed by atoms with E-state index in [0.717, 1.165) is 22.2 Å². The number of carbonyl (C=O) groups excluding carboxylic acids is 1. The van der Waals surface area contributed by atoms with Crippen molar-refractivity contribution in [3.8, 4) is 11.3 Å². The average Bonchev–Trinajstić information content (AvgIpc) is 2.73. The van der Waals surface area contributed by atoms with Crippen molar-refractivity contribution < 1.29 is 14.7 Å². The minimum absolute atomic E-state index is 0.128. The molecular weight excluding hydrogens is 340 g/mol. The molecular formula is C22H20N2O3. The first-order valence-corrected chi connectivity index (χ1v) is 9.11. The zero-order valence-corrected chi connectivity index (χ0v) is 14.8. The van der Waals surface area contributed by atoms with Crippen LogP contribution < -0.4 is 0 Å². The number of amides is 1. The number of aliphatic carboxylic acids is 1. The van der Waals surface area contributed by atoms with Gasteiger partial charge in [-0.3, -0.25) is 9.59 Å². The lowest BCUT2D eigenvalue weighted by molar-refractivity contribution is -0.143. The molecule has 5 heteroatoms. The number of rotatable bonds is 3. The Balaban J connectivity index is 1.78. The highest BCUT2D eigenvalue weighted by Gasteiger charge is 2.29. The summed E-state index contributed by atoms with van der Waals surface area (Å²) in [6.07, 6.45) is 1.32. The number of hydrogen-bond acceptors (Lipinski definition) is 3. The van der Waals surface area contributed by atoms with Crippen LogP contribution in [0.2, 0.25) is 0 Å². The third-order valence-corrected chi connectivity index (χ3v) is 5.07. The number of hydrogen-bond donors (Lipinski definition) is 1. The molecule has 1 fully saturated rings. The molecule has 4 rings (SSSR count). The Kier molecular flexibility index (Phi) is 4.59. The molecule has 1 aliphatic heterocycles. The number of aromatic nitrogens is 1. The maximum atomic E-state index is 13.3. The number of para-hydroxylation sites is 1. The van der Waals surface area contributed by atoms with Gasteiger partial charge in [-0.2, -0.15) is 0 Å². The highest BCUT2D eigenvalue weighted by Crippen LogP contribution is 2.27. The van der Waals surface area contributed by atoms with Crippen LogP contribution in [0.5, 0.6) is 0 Å². The molecule has 0 spiro atoms. The smallest absolute Gasteiger partial charge is 0.308 e. The van der Waals surface area contributed by atoms with E-state index in [0.29, 0.717) is 24.9 Å². The van der Waals surface area contributed by atoms with Gasteiger partial charge in [0.15, 0.2) is 0 Å². The molecule has 0 bridgehead atoms. The van der Waals surface area contributed by atoms with Gasteiger partial charge in [-0.15, -0.1) is 0 Å². The highest BCUT2D eigenvalue weighted by atomic mass is 16.4. The van der Waals surface area contributed by atoms with E-state index in [2.05, 4.69) is 0 Å². The number of nitrogens with zero attached hydrogens (tertiary/aromatic N) is 2. The molecule has 2 heterocycles. The van der Waals surface area contributed by atoms with E-state index >= 15 is 0 Å². The van der Waals surface area contributed by atoms with Gasteiger partial charge < -0.3 is 10.0 Å². The van der Waals surface area contributed by atoms with Gasteiger partial charge in [-0.1, -0.05) is 48.5 Å². The van der Waals surface area contributed by atoms with Gasteiger partial charge in [-0.05, 0) is 25.0 Å². The largest absolute Gasteiger partial charge is 0.481 e. The number of pyridine rings is 1. The summed E-state index contributed by atoms with van der Waals surface area (Å²) < 4.78 is 0. The van der Waals surface area contributed by atoms with Gasteiger partial charge in [-0.25, -0.2) is 4.98 Å². The number of carboxylic acid groups (broad SMARTS) is 1. The molecule has 27 heavy (non-hydrogen) atoms. The molecule has 1 N–H and O–H groups in total. The van der Waals surface area contributed by atoms with E-state index in [-0.39, 0.29) is 12.5 Å². The third-order valence-electron chi connectivity index (χ3n) is 5.07. The van der Waals surface area contributed by atoms with E-state index in [1.807, 2.05) is 60.7 Å². The Labute approximate surface area is 157 Å². The van der Waals surface area contributed by atoms with Crippen LogP contribution in [0.3, 0.4) is 0 Å². The Hall–Kier alpha value is -3.21. The Morgan fingerprint density at radius 2 is 1.78 bits per heavy atom. The van der Waals surface area contributed by atoms with Crippen molar-refractivity contribution >= 4 is 22.8 Å². The van der Waals surface area contributed by atoms with Crippen LogP contribution in [0.1, 0.15) is 23.2 Å².